The van der Waals surface area contributed by atoms with Gasteiger partial charge in [-0.05, 0) is 12.0 Å². The van der Waals surface area contributed by atoms with Crippen molar-refractivity contribution in [3.63, 3.8) is 0 Å². The first-order valence-electron chi connectivity index (χ1n) is 5.75. The van der Waals surface area contributed by atoms with Crippen molar-refractivity contribution in [2.75, 3.05) is 7.11 Å². The van der Waals surface area contributed by atoms with Gasteiger partial charge in [0.15, 0.2) is 0 Å². The van der Waals surface area contributed by atoms with Gasteiger partial charge < -0.3 is 9.47 Å². The minimum Gasteiger partial charge on any atom is -0.469 e. The third kappa shape index (κ3) is 3.17. The summed E-state index contributed by atoms with van der Waals surface area (Å²) in [5.41, 5.74) is 1.14. The number of rotatable bonds is 4. The number of benzene rings is 1. The Bertz CT molecular complexity index is 397. The summed E-state index contributed by atoms with van der Waals surface area (Å²) in [7, 11) is 1.40. The second-order valence-corrected chi connectivity index (χ2v) is 4.01. The van der Waals surface area contributed by atoms with E-state index in [0.29, 0.717) is 12.8 Å². The van der Waals surface area contributed by atoms with Gasteiger partial charge in [-0.1, -0.05) is 42.5 Å². The Morgan fingerprint density at radius 2 is 2.06 bits per heavy atom. The fourth-order valence-corrected chi connectivity index (χ4v) is 1.86. The molecule has 17 heavy (non-hydrogen) atoms. The van der Waals surface area contributed by atoms with Crippen LogP contribution in [-0.2, 0) is 14.3 Å². The first-order chi connectivity index (χ1) is 8.29. The third-order valence-corrected chi connectivity index (χ3v) is 2.81. The molecule has 0 radical (unpaired) electrons. The van der Waals surface area contributed by atoms with Crippen LogP contribution >= 0.6 is 0 Å². The highest BCUT2D eigenvalue weighted by Crippen LogP contribution is 2.28. The van der Waals surface area contributed by atoms with E-state index in [1.54, 1.807) is 0 Å². The summed E-state index contributed by atoms with van der Waals surface area (Å²) in [4.78, 5) is 11.0. The molecule has 1 aliphatic heterocycles. The number of carbonyl (C=O) groups excluding carboxylic acids is 1. The van der Waals surface area contributed by atoms with E-state index in [0.717, 1.165) is 5.56 Å². The number of methoxy groups -OCH3 is 1. The monoisotopic (exact) mass is 232 g/mol. The molecular weight excluding hydrogens is 216 g/mol. The molecule has 0 aromatic heterocycles. The highest BCUT2D eigenvalue weighted by Gasteiger charge is 2.20. The maximum atomic E-state index is 11.0. The van der Waals surface area contributed by atoms with Gasteiger partial charge in [0.1, 0.15) is 6.10 Å². The van der Waals surface area contributed by atoms with Crippen molar-refractivity contribution in [2.45, 2.75) is 25.0 Å². The lowest BCUT2D eigenvalue weighted by molar-refractivity contribution is -0.141. The SMILES string of the molecule is COC(=O)CC[C@H]1C=C[C@H](c2ccccc2)O1. The molecular formula is C14H16O3. The van der Waals surface area contributed by atoms with E-state index in [9.17, 15) is 4.79 Å². The van der Waals surface area contributed by atoms with Crippen LogP contribution in [0.5, 0.6) is 0 Å². The highest BCUT2D eigenvalue weighted by atomic mass is 16.5. The molecule has 0 fully saturated rings. The summed E-state index contributed by atoms with van der Waals surface area (Å²) in [6, 6.07) is 10.1. The van der Waals surface area contributed by atoms with Gasteiger partial charge in [0.2, 0.25) is 0 Å². The number of hydrogen-bond donors (Lipinski definition) is 0. The van der Waals surface area contributed by atoms with Gasteiger partial charge in [0, 0.05) is 6.42 Å². The van der Waals surface area contributed by atoms with E-state index in [1.807, 2.05) is 42.5 Å². The lowest BCUT2D eigenvalue weighted by Gasteiger charge is -2.13. The second-order valence-electron chi connectivity index (χ2n) is 4.01. The van der Waals surface area contributed by atoms with E-state index < -0.39 is 0 Å². The highest BCUT2D eigenvalue weighted by molar-refractivity contribution is 5.69. The van der Waals surface area contributed by atoms with Gasteiger partial charge in [0.05, 0.1) is 13.2 Å². The number of ether oxygens (including phenoxy) is 2. The first-order valence-corrected chi connectivity index (χ1v) is 5.75. The minimum absolute atomic E-state index is 0.0128. The molecule has 1 aromatic carbocycles. The summed E-state index contributed by atoms with van der Waals surface area (Å²) in [5, 5.41) is 0. The molecule has 0 saturated heterocycles. The van der Waals surface area contributed by atoms with Gasteiger partial charge in [-0.15, -0.1) is 0 Å². The predicted molar refractivity (Wildman–Crippen MR) is 64.4 cm³/mol. The van der Waals surface area contributed by atoms with Crippen LogP contribution in [0.3, 0.4) is 0 Å². The molecule has 0 aliphatic carbocycles. The lowest BCUT2D eigenvalue weighted by Crippen LogP contribution is -2.10. The fourth-order valence-electron chi connectivity index (χ4n) is 1.86. The summed E-state index contributed by atoms with van der Waals surface area (Å²) in [5.74, 6) is -0.190. The number of esters is 1. The van der Waals surface area contributed by atoms with Crippen molar-refractivity contribution < 1.29 is 14.3 Å². The Kier molecular flexibility index (Phi) is 3.94. The standard InChI is InChI=1S/C14H16O3/c1-16-14(15)10-8-12-7-9-13(17-12)11-5-3-2-4-6-11/h2-7,9,12-13H,8,10H2,1H3/t12-,13-/m1/s1. The molecule has 3 nitrogen and oxygen atoms in total. The van der Waals surface area contributed by atoms with Crippen LogP contribution < -0.4 is 0 Å². The molecule has 90 valence electrons. The Morgan fingerprint density at radius 1 is 1.29 bits per heavy atom. The molecule has 0 unspecified atom stereocenters. The molecule has 0 saturated carbocycles. The van der Waals surface area contributed by atoms with Crippen LogP contribution in [0.1, 0.15) is 24.5 Å². The molecule has 3 heteroatoms. The van der Waals surface area contributed by atoms with Crippen LogP contribution in [-0.4, -0.2) is 19.2 Å². The molecule has 0 amide bonds. The van der Waals surface area contributed by atoms with E-state index in [-0.39, 0.29) is 18.2 Å². The molecule has 0 bridgehead atoms. The van der Waals surface area contributed by atoms with Gasteiger partial charge in [0.25, 0.3) is 0 Å². The molecule has 0 N–H and O–H groups in total. The van der Waals surface area contributed by atoms with E-state index in [2.05, 4.69) is 4.74 Å². The largest absolute Gasteiger partial charge is 0.469 e. The van der Waals surface area contributed by atoms with Crippen LogP contribution in [0.25, 0.3) is 0 Å². The summed E-state index contributed by atoms with van der Waals surface area (Å²) < 4.78 is 10.4. The average molecular weight is 232 g/mol. The molecule has 1 aliphatic rings. The summed E-state index contributed by atoms with van der Waals surface area (Å²) in [6.07, 6.45) is 5.15. The average Bonchev–Trinajstić information content (AvgIpc) is 2.86. The van der Waals surface area contributed by atoms with Crippen molar-refractivity contribution in [1.29, 1.82) is 0 Å². The van der Waals surface area contributed by atoms with Gasteiger partial charge in [-0.2, -0.15) is 0 Å². The molecule has 2 atom stereocenters. The normalized spacial score (nSPS) is 22.6. The fraction of sp³-hybridized carbons (Fsp3) is 0.357. The zero-order valence-electron chi connectivity index (χ0n) is 9.84. The molecule has 1 aromatic rings. The quantitative estimate of drug-likeness (QED) is 0.591. The number of hydrogen-bond acceptors (Lipinski definition) is 3. The Labute approximate surface area is 101 Å². The van der Waals surface area contributed by atoms with Crippen molar-refractivity contribution >= 4 is 5.97 Å². The van der Waals surface area contributed by atoms with Crippen LogP contribution in [0.2, 0.25) is 0 Å². The number of carbonyl (C=O) groups is 1. The minimum atomic E-state index is -0.190. The maximum Gasteiger partial charge on any atom is 0.305 e. The zero-order chi connectivity index (χ0) is 12.1. The van der Waals surface area contributed by atoms with E-state index >= 15 is 0 Å². The Morgan fingerprint density at radius 3 is 2.76 bits per heavy atom. The zero-order valence-corrected chi connectivity index (χ0v) is 9.84. The van der Waals surface area contributed by atoms with Crippen molar-refractivity contribution in [2.24, 2.45) is 0 Å². The van der Waals surface area contributed by atoms with Crippen molar-refractivity contribution in [1.82, 2.24) is 0 Å². The Balaban J connectivity index is 1.85. The Hall–Kier alpha value is -1.61. The van der Waals surface area contributed by atoms with Crippen LogP contribution in [0.15, 0.2) is 42.5 Å². The van der Waals surface area contributed by atoms with Gasteiger partial charge in [-0.25, -0.2) is 0 Å². The van der Waals surface area contributed by atoms with E-state index in [1.165, 1.54) is 7.11 Å². The third-order valence-electron chi connectivity index (χ3n) is 2.81. The van der Waals surface area contributed by atoms with Crippen molar-refractivity contribution in [3.05, 3.63) is 48.0 Å². The maximum absolute atomic E-state index is 11.0. The predicted octanol–water partition coefficient (Wildman–Crippen LogP) is 2.64. The molecule has 1 heterocycles. The van der Waals surface area contributed by atoms with Gasteiger partial charge in [-0.3, -0.25) is 4.79 Å². The van der Waals surface area contributed by atoms with Crippen LogP contribution in [0, 0.1) is 0 Å². The molecule has 2 rings (SSSR count). The first kappa shape index (κ1) is 11.9. The smallest absolute Gasteiger partial charge is 0.305 e. The van der Waals surface area contributed by atoms with Crippen molar-refractivity contribution in [3.8, 4) is 0 Å². The lowest BCUT2D eigenvalue weighted by atomic mass is 10.1. The topological polar surface area (TPSA) is 35.5 Å². The van der Waals surface area contributed by atoms with Crippen LogP contribution in [0.4, 0.5) is 0 Å². The van der Waals surface area contributed by atoms with Gasteiger partial charge >= 0.3 is 5.97 Å². The van der Waals surface area contributed by atoms with E-state index in [4.69, 9.17) is 4.74 Å². The molecule has 0 spiro atoms. The summed E-state index contributed by atoms with van der Waals surface area (Å²) in [6.45, 7) is 0. The summed E-state index contributed by atoms with van der Waals surface area (Å²) >= 11 is 0. The second kappa shape index (κ2) is 5.64.